The van der Waals surface area contributed by atoms with Gasteiger partial charge >= 0.3 is 0 Å². The van der Waals surface area contributed by atoms with E-state index in [1.807, 2.05) is 12.3 Å². The Hall–Kier alpha value is -2.84. The molecule has 3 heterocycles. The molecule has 2 aromatic rings. The quantitative estimate of drug-likeness (QED) is 0.489. The Morgan fingerprint density at radius 1 is 1.06 bits per heavy atom. The Kier molecular flexibility index (Phi) is 6.61. The lowest BCUT2D eigenvalue weighted by Gasteiger charge is -2.32. The summed E-state index contributed by atoms with van der Waals surface area (Å²) in [4.78, 5) is 40.8. The number of imide groups is 1. The van der Waals surface area contributed by atoms with E-state index in [0.29, 0.717) is 24.4 Å². The minimum atomic E-state index is -0.561. The summed E-state index contributed by atoms with van der Waals surface area (Å²) in [6, 6.07) is 14.2. The van der Waals surface area contributed by atoms with Crippen molar-refractivity contribution in [2.24, 2.45) is 0 Å². The van der Waals surface area contributed by atoms with Crippen LogP contribution >= 0.6 is 11.9 Å². The van der Waals surface area contributed by atoms with E-state index in [1.165, 1.54) is 11.1 Å². The van der Waals surface area contributed by atoms with E-state index in [4.69, 9.17) is 0 Å². The number of carbonyl (C=O) groups is 3. The van der Waals surface area contributed by atoms with Gasteiger partial charge in [0.1, 0.15) is 6.04 Å². The van der Waals surface area contributed by atoms with Gasteiger partial charge in [0.2, 0.25) is 11.8 Å². The van der Waals surface area contributed by atoms with Crippen LogP contribution in [-0.4, -0.2) is 52.9 Å². The highest BCUT2D eigenvalue weighted by Crippen LogP contribution is 2.34. The maximum atomic E-state index is 12.9. The third kappa shape index (κ3) is 4.70. The second-order valence-electron chi connectivity index (χ2n) is 9.37. The summed E-state index contributed by atoms with van der Waals surface area (Å²) < 4.78 is 3.30. The molecule has 0 aliphatic carbocycles. The van der Waals surface area contributed by atoms with Gasteiger partial charge in [0, 0.05) is 37.0 Å². The number of hydrogen-bond donors (Lipinski definition) is 2. The normalized spacial score (nSPS) is 21.5. The summed E-state index contributed by atoms with van der Waals surface area (Å²) in [7, 11) is 0. The van der Waals surface area contributed by atoms with Crippen LogP contribution in [0.1, 0.15) is 58.6 Å². The molecule has 0 saturated carbocycles. The minimum absolute atomic E-state index is 0.107. The first-order valence-electron chi connectivity index (χ1n) is 11.9. The van der Waals surface area contributed by atoms with Crippen LogP contribution < -0.4 is 10.0 Å². The van der Waals surface area contributed by atoms with Crippen molar-refractivity contribution >= 4 is 35.4 Å². The Bertz CT molecular complexity index is 1110. The lowest BCUT2D eigenvalue weighted by atomic mass is 9.87. The summed E-state index contributed by atoms with van der Waals surface area (Å²) in [6.45, 7) is 3.48. The molecule has 1 unspecified atom stereocenters. The first-order valence-corrected chi connectivity index (χ1v) is 13.1. The molecule has 5 rings (SSSR count). The molecule has 1 atom stereocenters. The van der Waals surface area contributed by atoms with Crippen LogP contribution in [0.25, 0.3) is 0 Å². The Labute approximate surface area is 204 Å². The number of carbonyl (C=O) groups excluding carboxylic acids is 3. The van der Waals surface area contributed by atoms with Crippen LogP contribution in [0.15, 0.2) is 42.5 Å². The van der Waals surface area contributed by atoms with Crippen molar-refractivity contribution in [2.45, 2.75) is 50.7 Å². The molecule has 2 fully saturated rings. The zero-order valence-electron chi connectivity index (χ0n) is 19.4. The van der Waals surface area contributed by atoms with Gasteiger partial charge in [-0.1, -0.05) is 36.2 Å². The average molecular weight is 479 g/mol. The highest BCUT2D eigenvalue weighted by atomic mass is 32.2. The number of fused-ring (bicyclic) bond motifs is 1. The van der Waals surface area contributed by atoms with E-state index in [9.17, 15) is 14.4 Å². The Morgan fingerprint density at radius 3 is 2.65 bits per heavy atom. The Morgan fingerprint density at radius 2 is 1.88 bits per heavy atom. The van der Waals surface area contributed by atoms with Gasteiger partial charge in [-0.15, -0.1) is 0 Å². The number of amides is 3. The first kappa shape index (κ1) is 22.9. The molecule has 0 spiro atoms. The maximum absolute atomic E-state index is 12.9. The van der Waals surface area contributed by atoms with E-state index in [-0.39, 0.29) is 24.1 Å². The molecule has 2 aromatic carbocycles. The van der Waals surface area contributed by atoms with Gasteiger partial charge in [-0.25, -0.2) is 0 Å². The number of likely N-dealkylation sites (tertiary alicyclic amines) is 1. The maximum Gasteiger partial charge on any atom is 0.255 e. The zero-order valence-corrected chi connectivity index (χ0v) is 20.2. The van der Waals surface area contributed by atoms with Crippen molar-refractivity contribution in [3.05, 3.63) is 64.7 Å². The van der Waals surface area contributed by atoms with Crippen LogP contribution in [0.4, 0.5) is 5.69 Å². The Balaban J connectivity index is 1.20. The zero-order chi connectivity index (χ0) is 23.7. The van der Waals surface area contributed by atoms with Gasteiger partial charge in [0.15, 0.2) is 0 Å². The number of benzene rings is 2. The number of nitrogens with zero attached hydrogens (tertiary/aromatic N) is 2. The standard InChI is InChI=1S/C26H30N4O3S/c1-34-28-21-4-2-3-17(13-21)15-29-11-9-18(10-12-29)19-5-6-22-20(14-19)16-30(26(22)33)23-7-8-24(31)27-25(23)32/h2-6,13-14,18,23,28H,7-12,15-16H2,1H3,(H,27,31,32). The summed E-state index contributed by atoms with van der Waals surface area (Å²) in [5.74, 6) is -0.252. The highest BCUT2D eigenvalue weighted by Gasteiger charge is 2.39. The summed E-state index contributed by atoms with van der Waals surface area (Å²) in [5.41, 5.74) is 5.42. The summed E-state index contributed by atoms with van der Waals surface area (Å²) in [5, 5.41) is 2.37. The van der Waals surface area contributed by atoms with Gasteiger partial charge in [-0.2, -0.15) is 0 Å². The van der Waals surface area contributed by atoms with Crippen molar-refractivity contribution in [3.8, 4) is 0 Å². The molecule has 3 aliphatic heterocycles. The van der Waals surface area contributed by atoms with Gasteiger partial charge in [0.25, 0.3) is 5.91 Å². The third-order valence-corrected chi connectivity index (χ3v) is 7.60. The summed E-state index contributed by atoms with van der Waals surface area (Å²) in [6.07, 6.45) is 4.88. The number of piperidine rings is 2. The van der Waals surface area contributed by atoms with Crippen molar-refractivity contribution in [2.75, 3.05) is 24.1 Å². The van der Waals surface area contributed by atoms with Gasteiger partial charge in [-0.3, -0.25) is 24.6 Å². The molecule has 3 amide bonds. The topological polar surface area (TPSA) is 81.8 Å². The molecular weight excluding hydrogens is 448 g/mol. The summed E-state index contributed by atoms with van der Waals surface area (Å²) >= 11 is 1.60. The predicted octanol–water partition coefficient (Wildman–Crippen LogP) is 3.52. The molecule has 2 saturated heterocycles. The van der Waals surface area contributed by atoms with Gasteiger partial charge in [0.05, 0.1) is 0 Å². The van der Waals surface area contributed by atoms with E-state index in [1.54, 1.807) is 16.8 Å². The fourth-order valence-corrected chi connectivity index (χ4v) is 5.74. The van der Waals surface area contributed by atoms with Crippen LogP contribution in [0.2, 0.25) is 0 Å². The molecule has 0 radical (unpaired) electrons. The van der Waals surface area contributed by atoms with E-state index < -0.39 is 6.04 Å². The molecule has 8 heteroatoms. The molecule has 2 N–H and O–H groups in total. The average Bonchev–Trinajstić information content (AvgIpc) is 3.15. The lowest BCUT2D eigenvalue weighted by Crippen LogP contribution is -2.52. The second kappa shape index (κ2) is 9.80. The molecule has 34 heavy (non-hydrogen) atoms. The smallest absolute Gasteiger partial charge is 0.255 e. The SMILES string of the molecule is CSNc1cccc(CN2CCC(c3ccc4c(c3)CN(C3CCC(=O)NC3=O)C4=O)CC2)c1. The van der Waals surface area contributed by atoms with Crippen LogP contribution in [0.5, 0.6) is 0 Å². The van der Waals surface area contributed by atoms with E-state index in [0.717, 1.165) is 43.7 Å². The monoisotopic (exact) mass is 478 g/mol. The number of hydrogen-bond acceptors (Lipinski definition) is 6. The third-order valence-electron chi connectivity index (χ3n) is 7.16. The van der Waals surface area contributed by atoms with Crippen LogP contribution in [0.3, 0.4) is 0 Å². The number of rotatable bonds is 6. The van der Waals surface area contributed by atoms with E-state index >= 15 is 0 Å². The van der Waals surface area contributed by atoms with Crippen molar-refractivity contribution in [3.63, 3.8) is 0 Å². The number of nitrogens with one attached hydrogen (secondary N) is 2. The lowest BCUT2D eigenvalue weighted by molar-refractivity contribution is -0.136. The molecule has 0 aromatic heterocycles. The van der Waals surface area contributed by atoms with Crippen molar-refractivity contribution in [1.29, 1.82) is 0 Å². The fourth-order valence-electron chi connectivity index (χ4n) is 5.38. The minimum Gasteiger partial charge on any atom is -0.330 e. The second-order valence-corrected chi connectivity index (χ2v) is 9.99. The van der Waals surface area contributed by atoms with Crippen LogP contribution in [-0.2, 0) is 22.7 Å². The molecule has 0 bridgehead atoms. The molecule has 7 nitrogen and oxygen atoms in total. The van der Waals surface area contributed by atoms with Crippen molar-refractivity contribution < 1.29 is 14.4 Å². The van der Waals surface area contributed by atoms with Crippen LogP contribution in [0, 0.1) is 0 Å². The fraction of sp³-hybridized carbons (Fsp3) is 0.423. The highest BCUT2D eigenvalue weighted by molar-refractivity contribution is 7.99. The largest absolute Gasteiger partial charge is 0.330 e. The van der Waals surface area contributed by atoms with Gasteiger partial charge < -0.3 is 9.62 Å². The molecular formula is C26H30N4O3S. The molecule has 178 valence electrons. The first-order chi connectivity index (χ1) is 16.5. The predicted molar refractivity (Wildman–Crippen MR) is 133 cm³/mol. The van der Waals surface area contributed by atoms with E-state index in [2.05, 4.69) is 51.3 Å². The van der Waals surface area contributed by atoms with Gasteiger partial charge in [-0.05, 0) is 73.2 Å². The number of anilines is 1. The van der Waals surface area contributed by atoms with Crippen molar-refractivity contribution in [1.82, 2.24) is 15.1 Å². The molecule has 3 aliphatic rings.